The van der Waals surface area contributed by atoms with Crippen molar-refractivity contribution in [3.8, 4) is 17.0 Å². The molecule has 0 aliphatic heterocycles. The molecule has 0 aliphatic rings. The number of carbonyl (C=O) groups is 2. The van der Waals surface area contributed by atoms with Crippen molar-refractivity contribution in [3.05, 3.63) is 72.0 Å². The van der Waals surface area contributed by atoms with E-state index in [1.165, 1.54) is 27.6 Å². The fourth-order valence-corrected chi connectivity index (χ4v) is 2.85. The van der Waals surface area contributed by atoms with Gasteiger partial charge >= 0.3 is 5.91 Å². The van der Waals surface area contributed by atoms with E-state index in [-0.39, 0.29) is 18.8 Å². The zero-order valence-corrected chi connectivity index (χ0v) is 17.3. The third-order valence-electron chi connectivity index (χ3n) is 4.07. The third kappa shape index (κ3) is 5.86. The van der Waals surface area contributed by atoms with Crippen molar-refractivity contribution >= 4 is 32.3 Å². The van der Waals surface area contributed by atoms with Crippen LogP contribution >= 0.6 is 22.6 Å². The molecule has 150 valence electrons. The molecule has 8 nitrogen and oxygen atoms in total. The molecule has 1 atom stereocenters. The minimum Gasteiger partial charge on any atom is -0.491 e. The fraction of sp³-hybridized carbons (Fsp3) is 0.150. The van der Waals surface area contributed by atoms with E-state index in [9.17, 15) is 19.8 Å². The average Bonchev–Trinajstić information content (AvgIpc) is 3.15. The summed E-state index contributed by atoms with van der Waals surface area (Å²) in [4.78, 5) is 23.7. The SMILES string of the molecule is O=C(NN(Cc1ccc(-c2ccccc2)cc1)CC(O)C(=O)I)c1cc(O)no1. The van der Waals surface area contributed by atoms with Gasteiger partial charge in [-0.15, -0.1) is 0 Å². The topological polar surface area (TPSA) is 116 Å². The molecule has 3 N–H and O–H groups in total. The molecule has 0 saturated heterocycles. The van der Waals surface area contributed by atoms with Crippen molar-refractivity contribution in [1.82, 2.24) is 15.6 Å². The molecule has 0 spiro atoms. The second kappa shape index (κ2) is 9.63. The number of hydrogen-bond donors (Lipinski definition) is 3. The van der Waals surface area contributed by atoms with Gasteiger partial charge < -0.3 is 14.7 Å². The summed E-state index contributed by atoms with van der Waals surface area (Å²) >= 11 is 1.50. The van der Waals surface area contributed by atoms with E-state index in [2.05, 4.69) is 10.6 Å². The Morgan fingerprint density at radius 2 is 1.76 bits per heavy atom. The van der Waals surface area contributed by atoms with Crippen molar-refractivity contribution in [2.24, 2.45) is 0 Å². The van der Waals surface area contributed by atoms with Crippen LogP contribution in [-0.2, 0) is 11.3 Å². The van der Waals surface area contributed by atoms with Gasteiger partial charge in [0.05, 0.1) is 12.6 Å². The molecule has 0 fully saturated rings. The molecule has 1 heterocycles. The number of halogens is 1. The number of aromatic hydroxyl groups is 1. The highest BCUT2D eigenvalue weighted by atomic mass is 127. The summed E-state index contributed by atoms with van der Waals surface area (Å²) in [5.74, 6) is -1.27. The van der Waals surface area contributed by atoms with Gasteiger partial charge in [-0.1, -0.05) is 54.6 Å². The molecule has 2 aromatic carbocycles. The van der Waals surface area contributed by atoms with E-state index >= 15 is 0 Å². The summed E-state index contributed by atoms with van der Waals surface area (Å²) in [5, 5.41) is 23.8. The maximum atomic E-state index is 12.3. The summed E-state index contributed by atoms with van der Waals surface area (Å²) in [6.07, 6.45) is -1.28. The quantitative estimate of drug-likeness (QED) is 0.244. The molecule has 0 bridgehead atoms. The number of hydrogen-bond acceptors (Lipinski definition) is 7. The molecule has 1 amide bonds. The lowest BCUT2D eigenvalue weighted by Crippen LogP contribution is -2.46. The van der Waals surface area contributed by atoms with Crippen LogP contribution in [0.2, 0.25) is 0 Å². The zero-order valence-electron chi connectivity index (χ0n) is 15.2. The molecular weight excluding hydrogens is 489 g/mol. The maximum Gasteiger partial charge on any atom is 0.304 e. The van der Waals surface area contributed by atoms with Crippen LogP contribution in [0.25, 0.3) is 11.1 Å². The summed E-state index contributed by atoms with van der Waals surface area (Å²) in [6, 6.07) is 18.7. The molecule has 0 radical (unpaired) electrons. The Bertz CT molecular complexity index is 975. The largest absolute Gasteiger partial charge is 0.491 e. The fourth-order valence-electron chi connectivity index (χ4n) is 2.66. The van der Waals surface area contributed by atoms with E-state index in [0.29, 0.717) is 0 Å². The van der Waals surface area contributed by atoms with Crippen LogP contribution in [-0.4, -0.2) is 42.7 Å². The van der Waals surface area contributed by atoms with E-state index in [4.69, 9.17) is 4.52 Å². The van der Waals surface area contributed by atoms with Gasteiger partial charge in [0.2, 0.25) is 9.55 Å². The standard InChI is InChI=1S/C20H18IN3O5/c21-19(27)16(25)12-24(22-20(28)17-10-18(26)23-29-17)11-13-6-8-15(9-7-13)14-4-2-1-3-5-14/h1-10,16,25H,11-12H2,(H,22,28)(H,23,26). The molecule has 1 aromatic heterocycles. The molecule has 0 aliphatic carbocycles. The maximum absolute atomic E-state index is 12.3. The van der Waals surface area contributed by atoms with E-state index in [1.807, 2.05) is 54.6 Å². The smallest absolute Gasteiger partial charge is 0.304 e. The van der Waals surface area contributed by atoms with Gasteiger partial charge in [-0.25, -0.2) is 5.01 Å². The highest BCUT2D eigenvalue weighted by molar-refractivity contribution is 14.1. The van der Waals surface area contributed by atoms with Crippen LogP contribution in [0.3, 0.4) is 0 Å². The second-order valence-electron chi connectivity index (χ2n) is 6.25. The van der Waals surface area contributed by atoms with Gasteiger partial charge in [-0.2, -0.15) is 0 Å². The third-order valence-corrected chi connectivity index (χ3v) is 4.79. The molecular formula is C20H18IN3O5. The summed E-state index contributed by atoms with van der Waals surface area (Å²) < 4.78 is 4.28. The first-order chi connectivity index (χ1) is 13.9. The first-order valence-corrected chi connectivity index (χ1v) is 9.73. The van der Waals surface area contributed by atoms with Crippen molar-refractivity contribution in [3.63, 3.8) is 0 Å². The number of carbonyl (C=O) groups excluding carboxylic acids is 2. The lowest BCUT2D eigenvalue weighted by Gasteiger charge is -2.24. The Balaban J connectivity index is 1.73. The Kier molecular flexibility index (Phi) is 6.96. The molecule has 1 unspecified atom stereocenters. The van der Waals surface area contributed by atoms with Crippen LogP contribution < -0.4 is 5.43 Å². The number of rotatable bonds is 8. The number of hydrazine groups is 1. The predicted octanol–water partition coefficient (Wildman–Crippen LogP) is 2.52. The number of amides is 1. The Labute approximate surface area is 180 Å². The molecule has 9 heteroatoms. The molecule has 3 aromatic rings. The number of aliphatic hydroxyl groups excluding tert-OH is 1. The number of benzene rings is 2. The summed E-state index contributed by atoms with van der Waals surface area (Å²) in [5.41, 5.74) is 5.55. The van der Waals surface area contributed by atoms with Crippen LogP contribution in [0.5, 0.6) is 5.88 Å². The minimum atomic E-state index is -1.28. The van der Waals surface area contributed by atoms with Gasteiger partial charge in [0.15, 0.2) is 0 Å². The van der Waals surface area contributed by atoms with Crippen molar-refractivity contribution in [1.29, 1.82) is 0 Å². The van der Waals surface area contributed by atoms with Crippen LogP contribution in [0, 0.1) is 0 Å². The van der Waals surface area contributed by atoms with E-state index in [1.54, 1.807) is 0 Å². The normalized spacial score (nSPS) is 12.0. The van der Waals surface area contributed by atoms with Crippen LogP contribution in [0.15, 0.2) is 65.2 Å². The predicted molar refractivity (Wildman–Crippen MR) is 113 cm³/mol. The van der Waals surface area contributed by atoms with E-state index in [0.717, 1.165) is 22.8 Å². The van der Waals surface area contributed by atoms with Crippen molar-refractivity contribution in [2.45, 2.75) is 12.6 Å². The van der Waals surface area contributed by atoms with Gasteiger partial charge in [0, 0.05) is 29.1 Å². The van der Waals surface area contributed by atoms with E-state index < -0.39 is 21.7 Å². The number of aliphatic hydroxyl groups is 1. The van der Waals surface area contributed by atoms with Crippen LogP contribution in [0.1, 0.15) is 16.1 Å². The lowest BCUT2D eigenvalue weighted by molar-refractivity contribution is -0.117. The van der Waals surface area contributed by atoms with Gasteiger partial charge in [0.25, 0.3) is 5.88 Å². The Morgan fingerprint density at radius 3 is 2.34 bits per heavy atom. The summed E-state index contributed by atoms with van der Waals surface area (Å²) in [6.45, 7) is 0.121. The minimum absolute atomic E-state index is 0.117. The Morgan fingerprint density at radius 1 is 1.10 bits per heavy atom. The summed E-state index contributed by atoms with van der Waals surface area (Å²) in [7, 11) is 0. The van der Waals surface area contributed by atoms with Crippen molar-refractivity contribution in [2.75, 3.05) is 6.54 Å². The number of nitrogens with zero attached hydrogens (tertiary/aromatic N) is 2. The van der Waals surface area contributed by atoms with Gasteiger partial charge in [-0.3, -0.25) is 15.0 Å². The highest BCUT2D eigenvalue weighted by Crippen LogP contribution is 2.20. The molecule has 3 rings (SSSR count). The van der Waals surface area contributed by atoms with Gasteiger partial charge in [-0.05, 0) is 21.8 Å². The monoisotopic (exact) mass is 507 g/mol. The number of aromatic nitrogens is 1. The first-order valence-electron chi connectivity index (χ1n) is 8.66. The molecule has 0 saturated carbocycles. The highest BCUT2D eigenvalue weighted by Gasteiger charge is 2.21. The first kappa shape index (κ1) is 21.0. The van der Waals surface area contributed by atoms with Gasteiger partial charge in [0.1, 0.15) is 6.10 Å². The Hall–Kier alpha value is -2.76. The lowest BCUT2D eigenvalue weighted by atomic mass is 10.0. The van der Waals surface area contributed by atoms with Crippen LogP contribution in [0.4, 0.5) is 0 Å². The second-order valence-corrected chi connectivity index (χ2v) is 7.32. The number of nitrogens with one attached hydrogen (secondary N) is 1. The average molecular weight is 507 g/mol. The zero-order chi connectivity index (χ0) is 20.8. The molecule has 29 heavy (non-hydrogen) atoms. The van der Waals surface area contributed by atoms with Crippen molar-refractivity contribution < 1.29 is 24.3 Å².